The van der Waals surface area contributed by atoms with Gasteiger partial charge in [0.2, 0.25) is 0 Å². The summed E-state index contributed by atoms with van der Waals surface area (Å²) in [4.78, 5) is 26.0. The fourth-order valence-electron chi connectivity index (χ4n) is 2.48. The lowest BCUT2D eigenvalue weighted by Gasteiger charge is -2.16. The molecule has 3 amide bonds. The molecule has 0 unspecified atom stereocenters. The summed E-state index contributed by atoms with van der Waals surface area (Å²) in [7, 11) is 0. The van der Waals surface area contributed by atoms with Crippen LogP contribution in [0.2, 0.25) is 0 Å². The maximum Gasteiger partial charge on any atom is 0.321 e. The molecule has 0 atom stereocenters. The van der Waals surface area contributed by atoms with E-state index in [2.05, 4.69) is 10.6 Å². The summed E-state index contributed by atoms with van der Waals surface area (Å²) >= 11 is 0. The van der Waals surface area contributed by atoms with Crippen LogP contribution in [0.1, 0.15) is 36.5 Å². The molecule has 2 N–H and O–H groups in total. The molecule has 0 aromatic heterocycles. The summed E-state index contributed by atoms with van der Waals surface area (Å²) < 4.78 is 5.23. The van der Waals surface area contributed by atoms with Gasteiger partial charge in [0, 0.05) is 44.1 Å². The molecule has 1 aliphatic rings. The minimum Gasteiger partial charge on any atom is -0.382 e. The van der Waals surface area contributed by atoms with Crippen LogP contribution < -0.4 is 10.6 Å². The number of nitrogens with zero attached hydrogens (tertiary/aromatic N) is 1. The van der Waals surface area contributed by atoms with Crippen molar-refractivity contribution in [2.24, 2.45) is 0 Å². The number of likely N-dealkylation sites (tertiary alicyclic amines) is 1. The highest BCUT2D eigenvalue weighted by atomic mass is 16.5. The van der Waals surface area contributed by atoms with Gasteiger partial charge in [-0.15, -0.1) is 0 Å². The van der Waals surface area contributed by atoms with Crippen molar-refractivity contribution in [1.29, 1.82) is 0 Å². The summed E-state index contributed by atoms with van der Waals surface area (Å²) in [5.74, 6) is -0.140. The van der Waals surface area contributed by atoms with Gasteiger partial charge in [0.15, 0.2) is 0 Å². The second kappa shape index (κ2) is 9.15. The highest BCUT2D eigenvalue weighted by Gasteiger charge is 2.18. The Kier molecular flexibility index (Phi) is 6.87. The topological polar surface area (TPSA) is 70.7 Å². The highest BCUT2D eigenvalue weighted by Crippen LogP contribution is 2.14. The molecule has 0 bridgehead atoms. The zero-order valence-electron chi connectivity index (χ0n) is 13.6. The summed E-state index contributed by atoms with van der Waals surface area (Å²) in [6.45, 7) is 5.44. The van der Waals surface area contributed by atoms with Gasteiger partial charge in [0.05, 0.1) is 0 Å². The molecule has 6 heteroatoms. The Balaban J connectivity index is 1.83. The van der Waals surface area contributed by atoms with Gasteiger partial charge in [0.1, 0.15) is 0 Å². The SMILES string of the molecule is CCOCCCNC(=O)c1cccc(NC(=O)N2CCCC2)c1. The number of carbonyl (C=O) groups is 2. The Labute approximate surface area is 137 Å². The lowest BCUT2D eigenvalue weighted by atomic mass is 10.2. The van der Waals surface area contributed by atoms with Crippen LogP contribution in [0.5, 0.6) is 0 Å². The summed E-state index contributed by atoms with van der Waals surface area (Å²) in [6.07, 6.45) is 2.89. The molecule has 0 spiro atoms. The first-order valence-corrected chi connectivity index (χ1v) is 8.22. The van der Waals surface area contributed by atoms with Gasteiger partial charge in [0.25, 0.3) is 5.91 Å². The number of carbonyl (C=O) groups excluding carboxylic acids is 2. The zero-order chi connectivity index (χ0) is 16.5. The van der Waals surface area contributed by atoms with Gasteiger partial charge in [-0.2, -0.15) is 0 Å². The molecular weight excluding hydrogens is 294 g/mol. The Bertz CT molecular complexity index is 528. The van der Waals surface area contributed by atoms with Crippen molar-refractivity contribution in [2.75, 3.05) is 38.2 Å². The molecule has 0 radical (unpaired) electrons. The largest absolute Gasteiger partial charge is 0.382 e. The first kappa shape index (κ1) is 17.3. The van der Waals surface area contributed by atoms with Gasteiger partial charge in [-0.1, -0.05) is 6.07 Å². The Morgan fingerprint density at radius 3 is 2.78 bits per heavy atom. The van der Waals surface area contributed by atoms with Gasteiger partial charge in [-0.3, -0.25) is 4.79 Å². The van der Waals surface area contributed by atoms with E-state index < -0.39 is 0 Å². The van der Waals surface area contributed by atoms with Crippen LogP contribution in [0.25, 0.3) is 0 Å². The normalized spacial score (nSPS) is 13.9. The van der Waals surface area contributed by atoms with E-state index in [1.807, 2.05) is 6.92 Å². The Hall–Kier alpha value is -2.08. The van der Waals surface area contributed by atoms with Crippen molar-refractivity contribution in [1.82, 2.24) is 10.2 Å². The third-order valence-corrected chi connectivity index (χ3v) is 3.72. The quantitative estimate of drug-likeness (QED) is 0.759. The molecule has 2 rings (SSSR count). The summed E-state index contributed by atoms with van der Waals surface area (Å²) in [5.41, 5.74) is 1.18. The van der Waals surface area contributed by atoms with E-state index in [4.69, 9.17) is 4.74 Å². The van der Waals surface area contributed by atoms with Crippen molar-refractivity contribution >= 4 is 17.6 Å². The number of rotatable bonds is 7. The lowest BCUT2D eigenvalue weighted by Crippen LogP contribution is -2.32. The molecule has 1 saturated heterocycles. The van der Waals surface area contributed by atoms with E-state index in [9.17, 15) is 9.59 Å². The van der Waals surface area contributed by atoms with E-state index >= 15 is 0 Å². The number of amides is 3. The molecule has 23 heavy (non-hydrogen) atoms. The number of benzene rings is 1. The Morgan fingerprint density at radius 2 is 2.04 bits per heavy atom. The predicted molar refractivity (Wildman–Crippen MR) is 89.7 cm³/mol. The summed E-state index contributed by atoms with van der Waals surface area (Å²) in [5, 5.41) is 5.70. The van der Waals surface area contributed by atoms with Crippen LogP contribution in [0.15, 0.2) is 24.3 Å². The minimum atomic E-state index is -0.140. The molecule has 1 aromatic rings. The van der Waals surface area contributed by atoms with Crippen LogP contribution in [-0.2, 0) is 4.74 Å². The van der Waals surface area contributed by atoms with Crippen LogP contribution in [0.4, 0.5) is 10.5 Å². The standard InChI is InChI=1S/C17H25N3O3/c1-2-23-12-6-9-18-16(21)14-7-5-8-15(13-14)19-17(22)20-10-3-4-11-20/h5,7-8,13H,2-4,6,9-12H2,1H3,(H,18,21)(H,19,22). The monoisotopic (exact) mass is 319 g/mol. The highest BCUT2D eigenvalue weighted by molar-refractivity contribution is 5.96. The average molecular weight is 319 g/mol. The minimum absolute atomic E-state index is 0.100. The second-order valence-electron chi connectivity index (χ2n) is 5.51. The van der Waals surface area contributed by atoms with Crippen molar-refractivity contribution in [3.05, 3.63) is 29.8 Å². The van der Waals surface area contributed by atoms with Crippen LogP contribution in [-0.4, -0.2) is 49.7 Å². The first-order chi connectivity index (χ1) is 11.2. The first-order valence-electron chi connectivity index (χ1n) is 8.22. The fourth-order valence-corrected chi connectivity index (χ4v) is 2.48. The second-order valence-corrected chi connectivity index (χ2v) is 5.51. The number of hydrogen-bond donors (Lipinski definition) is 2. The number of nitrogens with one attached hydrogen (secondary N) is 2. The van der Waals surface area contributed by atoms with E-state index in [-0.39, 0.29) is 11.9 Å². The van der Waals surface area contributed by atoms with Crippen molar-refractivity contribution < 1.29 is 14.3 Å². The van der Waals surface area contributed by atoms with Gasteiger partial charge >= 0.3 is 6.03 Å². The van der Waals surface area contributed by atoms with Crippen molar-refractivity contribution in [3.63, 3.8) is 0 Å². The summed E-state index contributed by atoms with van der Waals surface area (Å²) in [6, 6.07) is 6.90. The van der Waals surface area contributed by atoms with Crippen LogP contribution in [0.3, 0.4) is 0 Å². The van der Waals surface area contributed by atoms with Crippen LogP contribution in [0, 0.1) is 0 Å². The fraction of sp³-hybridized carbons (Fsp3) is 0.529. The molecule has 1 aromatic carbocycles. The third-order valence-electron chi connectivity index (χ3n) is 3.72. The van der Waals surface area contributed by atoms with E-state index in [1.165, 1.54) is 0 Å². The molecule has 1 aliphatic heterocycles. The van der Waals surface area contributed by atoms with Crippen LogP contribution >= 0.6 is 0 Å². The predicted octanol–water partition coefficient (Wildman–Crippen LogP) is 2.47. The molecule has 1 heterocycles. The molecule has 6 nitrogen and oxygen atoms in total. The average Bonchev–Trinajstić information content (AvgIpc) is 3.09. The lowest BCUT2D eigenvalue weighted by molar-refractivity contribution is 0.0944. The van der Waals surface area contributed by atoms with Gasteiger partial charge in [-0.25, -0.2) is 4.79 Å². The van der Waals surface area contributed by atoms with E-state index in [0.29, 0.717) is 31.0 Å². The zero-order valence-corrected chi connectivity index (χ0v) is 13.6. The maximum atomic E-state index is 12.1. The number of ether oxygens (including phenoxy) is 1. The smallest absolute Gasteiger partial charge is 0.321 e. The van der Waals surface area contributed by atoms with E-state index in [1.54, 1.807) is 29.2 Å². The molecule has 0 saturated carbocycles. The molecule has 1 fully saturated rings. The molecule has 126 valence electrons. The maximum absolute atomic E-state index is 12.1. The number of urea groups is 1. The van der Waals surface area contributed by atoms with Crippen molar-refractivity contribution in [3.8, 4) is 0 Å². The van der Waals surface area contributed by atoms with E-state index in [0.717, 1.165) is 32.4 Å². The number of anilines is 1. The van der Waals surface area contributed by atoms with Crippen molar-refractivity contribution in [2.45, 2.75) is 26.2 Å². The molecule has 0 aliphatic carbocycles. The van der Waals surface area contributed by atoms with Gasteiger partial charge < -0.3 is 20.3 Å². The van der Waals surface area contributed by atoms with Gasteiger partial charge in [-0.05, 0) is 44.4 Å². The Morgan fingerprint density at radius 1 is 1.26 bits per heavy atom. The molecular formula is C17H25N3O3. The number of hydrogen-bond acceptors (Lipinski definition) is 3. The third kappa shape index (κ3) is 5.56.